The van der Waals surface area contributed by atoms with Crippen LogP contribution in [0.5, 0.6) is 0 Å². The summed E-state index contributed by atoms with van der Waals surface area (Å²) in [6, 6.07) is 26.6. The molecule has 1 aliphatic rings. The first-order valence-corrected chi connectivity index (χ1v) is 8.45. The van der Waals surface area contributed by atoms with E-state index in [-0.39, 0.29) is 0 Å². The molecule has 4 nitrogen and oxygen atoms in total. The normalized spacial score (nSPS) is 12.4. The van der Waals surface area contributed by atoms with Crippen molar-refractivity contribution in [3.63, 3.8) is 0 Å². The van der Waals surface area contributed by atoms with Gasteiger partial charge in [-0.05, 0) is 35.4 Å². The van der Waals surface area contributed by atoms with E-state index in [1.165, 1.54) is 0 Å². The van der Waals surface area contributed by atoms with Gasteiger partial charge in [-0.3, -0.25) is 4.90 Å². The molecule has 3 aromatic carbocycles. The molecule has 2 heterocycles. The van der Waals surface area contributed by atoms with E-state index >= 15 is 0 Å². The van der Waals surface area contributed by atoms with Crippen LogP contribution in [-0.4, -0.2) is 10.2 Å². The Labute approximate surface area is 151 Å². The number of rotatable bonds is 2. The number of benzene rings is 3. The van der Waals surface area contributed by atoms with Crippen molar-refractivity contribution in [2.75, 3.05) is 4.90 Å². The van der Waals surface area contributed by atoms with Gasteiger partial charge < -0.3 is 4.42 Å². The summed E-state index contributed by atoms with van der Waals surface area (Å²) in [6.45, 7) is 0. The maximum absolute atomic E-state index is 6.05. The Kier molecular flexibility index (Phi) is 3.39. The number of aromatic nitrogens is 2. The molecule has 0 fully saturated rings. The Hall–Kier alpha value is -3.66. The molecular weight excluding hydrogens is 322 g/mol. The molecule has 0 radical (unpaired) electrons. The zero-order valence-electron chi connectivity index (χ0n) is 13.9. The lowest BCUT2D eigenvalue weighted by Gasteiger charge is -2.22. The van der Waals surface area contributed by atoms with Gasteiger partial charge in [-0.1, -0.05) is 71.8 Å². The Morgan fingerprint density at radius 2 is 1.19 bits per heavy atom. The van der Waals surface area contributed by atoms with Crippen LogP contribution in [0.2, 0.25) is 0 Å². The van der Waals surface area contributed by atoms with Gasteiger partial charge in [0.2, 0.25) is 5.89 Å². The minimum atomic E-state index is 0.451. The molecule has 0 saturated carbocycles. The topological polar surface area (TPSA) is 42.2 Å². The lowest BCUT2D eigenvalue weighted by Crippen LogP contribution is -2.12. The first kappa shape index (κ1) is 14.7. The van der Waals surface area contributed by atoms with Crippen molar-refractivity contribution >= 4 is 29.5 Å². The molecule has 0 aliphatic carbocycles. The third-order valence-electron chi connectivity index (χ3n) is 4.42. The minimum Gasteiger partial charge on any atom is -0.403 e. The number of anilines is 3. The van der Waals surface area contributed by atoms with Crippen LogP contribution in [0.4, 0.5) is 17.4 Å². The smallest absolute Gasteiger partial charge is 0.327 e. The van der Waals surface area contributed by atoms with Crippen LogP contribution in [-0.2, 0) is 0 Å². The van der Waals surface area contributed by atoms with Crippen LogP contribution < -0.4 is 4.90 Å². The van der Waals surface area contributed by atoms with Gasteiger partial charge in [-0.25, -0.2) is 0 Å². The fraction of sp³-hybridized carbons (Fsp3) is 0. The second-order valence-electron chi connectivity index (χ2n) is 6.04. The van der Waals surface area contributed by atoms with Gasteiger partial charge in [-0.15, -0.1) is 5.10 Å². The molecule has 0 N–H and O–H groups in total. The highest BCUT2D eigenvalue weighted by molar-refractivity contribution is 5.91. The van der Waals surface area contributed by atoms with Gasteiger partial charge in [-0.2, -0.15) is 0 Å². The molecule has 0 spiro atoms. The Bertz CT molecular complexity index is 1050. The zero-order valence-corrected chi connectivity index (χ0v) is 13.9. The van der Waals surface area contributed by atoms with Crippen LogP contribution in [0.15, 0.2) is 83.3 Å². The lowest BCUT2D eigenvalue weighted by molar-refractivity contribution is 0.575. The fourth-order valence-corrected chi connectivity index (χ4v) is 3.18. The average molecular weight is 337 g/mol. The van der Waals surface area contributed by atoms with Gasteiger partial charge in [0.05, 0.1) is 11.4 Å². The van der Waals surface area contributed by atoms with Crippen LogP contribution in [0.1, 0.15) is 11.1 Å². The van der Waals surface area contributed by atoms with Crippen molar-refractivity contribution in [1.29, 1.82) is 0 Å². The summed E-state index contributed by atoms with van der Waals surface area (Å²) >= 11 is 0. The summed E-state index contributed by atoms with van der Waals surface area (Å²) < 4.78 is 6.05. The maximum Gasteiger partial charge on any atom is 0.327 e. The number of hydrogen-bond acceptors (Lipinski definition) is 4. The van der Waals surface area contributed by atoms with Crippen molar-refractivity contribution in [2.24, 2.45) is 0 Å². The van der Waals surface area contributed by atoms with Crippen LogP contribution in [0.25, 0.3) is 23.6 Å². The van der Waals surface area contributed by atoms with E-state index in [2.05, 4.69) is 46.6 Å². The largest absolute Gasteiger partial charge is 0.403 e. The number of para-hydroxylation sites is 2. The standard InChI is InChI=1S/C22H15N3O/c1-2-10-18(11-3-1)21-23-24-22(26-21)25-19-12-6-4-8-16(19)14-15-17-9-5-7-13-20(17)25/h1-15H. The lowest BCUT2D eigenvalue weighted by atomic mass is 10.1. The Morgan fingerprint density at radius 3 is 1.85 bits per heavy atom. The first-order valence-electron chi connectivity index (χ1n) is 8.45. The quantitative estimate of drug-likeness (QED) is 0.415. The molecule has 0 saturated heterocycles. The molecule has 0 atom stereocenters. The Balaban J connectivity index is 1.69. The number of nitrogens with zero attached hydrogens (tertiary/aromatic N) is 3. The van der Waals surface area contributed by atoms with E-state index < -0.39 is 0 Å². The number of hydrogen-bond donors (Lipinski definition) is 0. The molecule has 5 rings (SSSR count). The van der Waals surface area contributed by atoms with Crippen molar-refractivity contribution in [2.45, 2.75) is 0 Å². The second-order valence-corrected chi connectivity index (χ2v) is 6.04. The molecule has 4 aromatic rings. The van der Waals surface area contributed by atoms with Gasteiger partial charge in [0.15, 0.2) is 0 Å². The van der Waals surface area contributed by atoms with Crippen LogP contribution in [0, 0.1) is 0 Å². The van der Waals surface area contributed by atoms with Gasteiger partial charge in [0, 0.05) is 5.56 Å². The monoisotopic (exact) mass is 337 g/mol. The predicted octanol–water partition coefficient (Wildman–Crippen LogP) is 5.69. The maximum atomic E-state index is 6.05. The summed E-state index contributed by atoms with van der Waals surface area (Å²) in [5.74, 6) is 0.507. The molecule has 26 heavy (non-hydrogen) atoms. The van der Waals surface area contributed by atoms with Crippen LogP contribution >= 0.6 is 0 Å². The zero-order chi connectivity index (χ0) is 17.3. The highest BCUT2D eigenvalue weighted by Crippen LogP contribution is 2.41. The van der Waals surface area contributed by atoms with E-state index in [0.29, 0.717) is 11.9 Å². The molecule has 0 amide bonds. The van der Waals surface area contributed by atoms with Crippen molar-refractivity contribution in [3.8, 4) is 11.5 Å². The summed E-state index contributed by atoms with van der Waals surface area (Å²) in [7, 11) is 0. The van der Waals surface area contributed by atoms with E-state index in [1.54, 1.807) is 0 Å². The van der Waals surface area contributed by atoms with E-state index in [1.807, 2.05) is 59.5 Å². The molecule has 0 bridgehead atoms. The van der Waals surface area contributed by atoms with Gasteiger partial charge in [0.25, 0.3) is 0 Å². The average Bonchev–Trinajstić information content (AvgIpc) is 3.12. The predicted molar refractivity (Wildman–Crippen MR) is 103 cm³/mol. The Morgan fingerprint density at radius 1 is 0.615 bits per heavy atom. The highest BCUT2D eigenvalue weighted by Gasteiger charge is 2.24. The second kappa shape index (κ2) is 6.01. The summed E-state index contributed by atoms with van der Waals surface area (Å²) in [5, 5.41) is 8.60. The van der Waals surface area contributed by atoms with Crippen molar-refractivity contribution in [1.82, 2.24) is 10.2 Å². The summed E-state index contributed by atoms with van der Waals surface area (Å²) in [4.78, 5) is 2.02. The van der Waals surface area contributed by atoms with Crippen LogP contribution in [0.3, 0.4) is 0 Å². The SMILES string of the molecule is C1=Cc2ccccc2N(c2nnc(-c3ccccc3)o2)c2ccccc21. The third kappa shape index (κ3) is 2.40. The number of fused-ring (bicyclic) bond motifs is 2. The molecule has 124 valence electrons. The summed E-state index contributed by atoms with van der Waals surface area (Å²) in [5.41, 5.74) is 5.13. The van der Waals surface area contributed by atoms with Gasteiger partial charge in [0.1, 0.15) is 0 Å². The minimum absolute atomic E-state index is 0.451. The molecular formula is C22H15N3O. The van der Waals surface area contributed by atoms with E-state index in [4.69, 9.17) is 4.42 Å². The molecule has 1 aromatic heterocycles. The fourth-order valence-electron chi connectivity index (χ4n) is 3.18. The summed E-state index contributed by atoms with van der Waals surface area (Å²) in [6.07, 6.45) is 4.23. The third-order valence-corrected chi connectivity index (χ3v) is 4.42. The first-order chi connectivity index (χ1) is 12.9. The van der Waals surface area contributed by atoms with E-state index in [9.17, 15) is 0 Å². The molecule has 1 aliphatic heterocycles. The van der Waals surface area contributed by atoms with Gasteiger partial charge >= 0.3 is 6.01 Å². The van der Waals surface area contributed by atoms with E-state index in [0.717, 1.165) is 28.1 Å². The molecule has 0 unspecified atom stereocenters. The van der Waals surface area contributed by atoms with Crippen molar-refractivity contribution in [3.05, 3.63) is 90.0 Å². The highest BCUT2D eigenvalue weighted by atomic mass is 16.4. The van der Waals surface area contributed by atoms with Crippen molar-refractivity contribution < 1.29 is 4.42 Å². The molecule has 4 heteroatoms.